The van der Waals surface area contributed by atoms with Crippen molar-refractivity contribution in [3.8, 4) is 17.7 Å². The zero-order valence-corrected chi connectivity index (χ0v) is 20.1. The monoisotopic (exact) mass is 441 g/mol. The van der Waals surface area contributed by atoms with Crippen molar-refractivity contribution in [1.82, 2.24) is 14.8 Å². The largest absolute Gasteiger partial charge is 0.472 e. The van der Waals surface area contributed by atoms with Crippen LogP contribution < -0.4 is 4.74 Å². The molecule has 3 atom stereocenters. The maximum absolute atomic E-state index is 13.5. The minimum absolute atomic E-state index is 0.0797. The van der Waals surface area contributed by atoms with E-state index in [1.54, 1.807) is 11.1 Å². The number of ether oxygens (including phenoxy) is 1. The van der Waals surface area contributed by atoms with E-state index in [0.717, 1.165) is 37.9 Å². The smallest absolute Gasteiger partial charge is 0.259 e. The Bertz CT molecular complexity index is 825. The minimum atomic E-state index is -0.276. The molecule has 0 aromatic carbocycles. The highest BCUT2D eigenvalue weighted by Crippen LogP contribution is 2.28. The van der Waals surface area contributed by atoms with Crippen molar-refractivity contribution in [2.45, 2.75) is 71.4 Å². The van der Waals surface area contributed by atoms with Crippen LogP contribution in [0.1, 0.15) is 75.2 Å². The number of likely N-dealkylation sites (N-methyl/N-ethyl adjacent to an activating group) is 1. The van der Waals surface area contributed by atoms with E-state index in [1.165, 1.54) is 19.3 Å². The summed E-state index contributed by atoms with van der Waals surface area (Å²) in [6, 6.07) is 1.54. The van der Waals surface area contributed by atoms with Gasteiger partial charge in [0.05, 0.1) is 12.6 Å². The number of carbonyl (C=O) groups is 1. The van der Waals surface area contributed by atoms with E-state index in [2.05, 4.69) is 42.6 Å². The Morgan fingerprint density at radius 1 is 1.34 bits per heavy atom. The molecule has 176 valence electrons. The van der Waals surface area contributed by atoms with Gasteiger partial charge in [-0.3, -0.25) is 4.79 Å². The molecule has 3 rings (SSSR count). The SMILES string of the molecule is CCCN(C)C[C@@H]1Oc2ncc(C#CC3CCCCC3)cc2C(=O)N([C@H](C)CO)C[C@H]1C. The van der Waals surface area contributed by atoms with Crippen LogP contribution in [0.3, 0.4) is 0 Å². The zero-order chi connectivity index (χ0) is 23.1. The Labute approximate surface area is 193 Å². The van der Waals surface area contributed by atoms with Crippen LogP contribution in [0.4, 0.5) is 0 Å². The Balaban J connectivity index is 1.92. The van der Waals surface area contributed by atoms with Crippen molar-refractivity contribution < 1.29 is 14.6 Å². The summed E-state index contributed by atoms with van der Waals surface area (Å²) in [7, 11) is 2.09. The van der Waals surface area contributed by atoms with E-state index in [4.69, 9.17) is 4.74 Å². The predicted molar refractivity (Wildman–Crippen MR) is 127 cm³/mol. The molecule has 0 spiro atoms. The standard InChI is InChI=1S/C26H39N3O3/c1-5-13-28(4)17-24-19(2)16-29(20(3)18-30)26(31)23-14-22(15-27-25(23)32-24)12-11-21-9-7-6-8-10-21/h14-15,19-21,24,30H,5-10,13,16-18H2,1-4H3/t19-,20-,24+/m1/s1. The lowest BCUT2D eigenvalue weighted by molar-refractivity contribution is 0.0331. The Morgan fingerprint density at radius 2 is 2.09 bits per heavy atom. The second-order valence-electron chi connectivity index (χ2n) is 9.57. The lowest BCUT2D eigenvalue weighted by Gasteiger charge is -2.37. The van der Waals surface area contributed by atoms with Crippen molar-refractivity contribution in [2.75, 3.05) is 33.3 Å². The van der Waals surface area contributed by atoms with Gasteiger partial charge in [-0.25, -0.2) is 4.98 Å². The van der Waals surface area contributed by atoms with E-state index in [0.29, 0.717) is 23.9 Å². The summed E-state index contributed by atoms with van der Waals surface area (Å²) in [4.78, 5) is 22.0. The number of aliphatic hydroxyl groups is 1. The van der Waals surface area contributed by atoms with Crippen LogP contribution in [0.5, 0.6) is 5.88 Å². The third kappa shape index (κ3) is 6.24. The van der Waals surface area contributed by atoms with Gasteiger partial charge in [0.2, 0.25) is 5.88 Å². The number of rotatable bonds is 6. The molecule has 1 N–H and O–H groups in total. The molecular formula is C26H39N3O3. The highest BCUT2D eigenvalue weighted by atomic mass is 16.5. The molecular weight excluding hydrogens is 402 g/mol. The second-order valence-corrected chi connectivity index (χ2v) is 9.57. The summed E-state index contributed by atoms with van der Waals surface area (Å²) in [6.07, 6.45) is 8.79. The molecule has 2 aliphatic rings. The van der Waals surface area contributed by atoms with Gasteiger partial charge in [0.15, 0.2) is 0 Å². The van der Waals surface area contributed by atoms with E-state index in [1.807, 2.05) is 13.0 Å². The van der Waals surface area contributed by atoms with Crippen LogP contribution in [-0.4, -0.2) is 71.2 Å². The second kappa shape index (κ2) is 11.7. The number of aromatic nitrogens is 1. The molecule has 1 fully saturated rings. The van der Waals surface area contributed by atoms with Gasteiger partial charge in [0.25, 0.3) is 5.91 Å². The number of nitrogens with zero attached hydrogens (tertiary/aromatic N) is 3. The van der Waals surface area contributed by atoms with Gasteiger partial charge >= 0.3 is 0 Å². The molecule has 1 aliphatic carbocycles. The molecule has 0 saturated heterocycles. The first-order valence-corrected chi connectivity index (χ1v) is 12.2. The molecule has 1 aliphatic heterocycles. The molecule has 32 heavy (non-hydrogen) atoms. The van der Waals surface area contributed by atoms with Crippen molar-refractivity contribution in [1.29, 1.82) is 0 Å². The van der Waals surface area contributed by atoms with Gasteiger partial charge in [-0.15, -0.1) is 0 Å². The lowest BCUT2D eigenvalue weighted by atomic mass is 9.90. The first-order chi connectivity index (χ1) is 15.4. The summed E-state index contributed by atoms with van der Waals surface area (Å²) in [5.41, 5.74) is 1.19. The molecule has 1 amide bonds. The third-order valence-corrected chi connectivity index (χ3v) is 6.64. The molecule has 1 aromatic heterocycles. The van der Waals surface area contributed by atoms with Crippen LogP contribution >= 0.6 is 0 Å². The number of hydrogen-bond acceptors (Lipinski definition) is 5. The first-order valence-electron chi connectivity index (χ1n) is 12.2. The molecule has 6 nitrogen and oxygen atoms in total. The normalized spacial score (nSPS) is 22.9. The highest BCUT2D eigenvalue weighted by molar-refractivity contribution is 5.97. The topological polar surface area (TPSA) is 65.9 Å². The Hall–Kier alpha value is -2.10. The maximum Gasteiger partial charge on any atom is 0.259 e. The van der Waals surface area contributed by atoms with Gasteiger partial charge in [-0.2, -0.15) is 0 Å². The number of hydrogen-bond donors (Lipinski definition) is 1. The van der Waals surface area contributed by atoms with Crippen molar-refractivity contribution in [2.24, 2.45) is 11.8 Å². The van der Waals surface area contributed by atoms with Crippen molar-refractivity contribution >= 4 is 5.91 Å². The quantitative estimate of drug-likeness (QED) is 0.684. The van der Waals surface area contributed by atoms with Gasteiger partial charge < -0.3 is 19.6 Å². The first kappa shape index (κ1) is 24.5. The maximum atomic E-state index is 13.5. The number of pyridine rings is 1. The summed E-state index contributed by atoms with van der Waals surface area (Å²) in [5, 5.41) is 9.79. The van der Waals surface area contributed by atoms with Crippen LogP contribution in [0, 0.1) is 23.7 Å². The Morgan fingerprint density at radius 3 is 2.78 bits per heavy atom. The average molecular weight is 442 g/mol. The number of fused-ring (bicyclic) bond motifs is 1. The Kier molecular flexibility index (Phi) is 8.95. The number of amides is 1. The molecule has 1 saturated carbocycles. The number of carbonyl (C=O) groups excluding carboxylic acids is 1. The molecule has 0 radical (unpaired) electrons. The lowest BCUT2D eigenvalue weighted by Crippen LogP contribution is -2.50. The molecule has 0 unspecified atom stereocenters. The summed E-state index contributed by atoms with van der Waals surface area (Å²) in [6.45, 7) is 8.34. The molecule has 2 heterocycles. The van der Waals surface area contributed by atoms with Crippen LogP contribution in [-0.2, 0) is 0 Å². The minimum Gasteiger partial charge on any atom is -0.472 e. The summed E-state index contributed by atoms with van der Waals surface area (Å²) >= 11 is 0. The predicted octanol–water partition coefficient (Wildman–Crippen LogP) is 3.58. The van der Waals surface area contributed by atoms with Gasteiger partial charge in [0.1, 0.15) is 11.7 Å². The highest BCUT2D eigenvalue weighted by Gasteiger charge is 2.34. The fourth-order valence-corrected chi connectivity index (χ4v) is 4.60. The zero-order valence-electron chi connectivity index (χ0n) is 20.1. The fraction of sp³-hybridized carbons (Fsp3) is 0.692. The van der Waals surface area contributed by atoms with E-state index < -0.39 is 0 Å². The molecule has 0 bridgehead atoms. The van der Waals surface area contributed by atoms with Crippen molar-refractivity contribution in [3.63, 3.8) is 0 Å². The summed E-state index contributed by atoms with van der Waals surface area (Å²) < 4.78 is 6.34. The molecule has 1 aromatic rings. The van der Waals surface area contributed by atoms with E-state index in [9.17, 15) is 9.90 Å². The fourth-order valence-electron chi connectivity index (χ4n) is 4.60. The van der Waals surface area contributed by atoms with Gasteiger partial charge in [-0.1, -0.05) is 45.0 Å². The average Bonchev–Trinajstić information content (AvgIpc) is 2.80. The van der Waals surface area contributed by atoms with Gasteiger partial charge in [-0.05, 0) is 45.8 Å². The number of aliphatic hydroxyl groups excluding tert-OH is 1. The van der Waals surface area contributed by atoms with E-state index in [-0.39, 0.29) is 30.6 Å². The van der Waals surface area contributed by atoms with Gasteiger partial charge in [0, 0.05) is 36.7 Å². The molecule has 6 heteroatoms. The summed E-state index contributed by atoms with van der Waals surface area (Å²) in [5.74, 6) is 7.40. The third-order valence-electron chi connectivity index (χ3n) is 6.64. The van der Waals surface area contributed by atoms with Crippen LogP contribution in [0.15, 0.2) is 12.3 Å². The van der Waals surface area contributed by atoms with Crippen LogP contribution in [0.25, 0.3) is 0 Å². The van der Waals surface area contributed by atoms with Crippen molar-refractivity contribution in [3.05, 3.63) is 23.4 Å². The van der Waals surface area contributed by atoms with E-state index >= 15 is 0 Å². The van der Waals surface area contributed by atoms with Crippen LogP contribution in [0.2, 0.25) is 0 Å².